The number of thioether (sulfide) groups is 1. The van der Waals surface area contributed by atoms with Crippen LogP contribution in [-0.4, -0.2) is 43.7 Å². The first-order valence-electron chi connectivity index (χ1n) is 6.29. The van der Waals surface area contributed by atoms with E-state index >= 15 is 0 Å². The number of hydrogen-bond donors (Lipinski definition) is 1. The summed E-state index contributed by atoms with van der Waals surface area (Å²) >= 11 is 1.75. The highest BCUT2D eigenvalue weighted by atomic mass is 32.2. The lowest BCUT2D eigenvalue weighted by atomic mass is 10.0. The first-order valence-corrected chi connectivity index (χ1v) is 7.52. The topological polar surface area (TPSA) is 32.3 Å². The van der Waals surface area contributed by atoms with Crippen LogP contribution in [0.5, 0.6) is 0 Å². The quantitative estimate of drug-likeness (QED) is 0.820. The van der Waals surface area contributed by atoms with Gasteiger partial charge in [0.1, 0.15) is 0 Å². The summed E-state index contributed by atoms with van der Waals surface area (Å²) in [5.74, 6) is 0.475. The zero-order valence-electron chi connectivity index (χ0n) is 11.0. The Balaban J connectivity index is 1.80. The van der Waals surface area contributed by atoms with E-state index in [0.717, 1.165) is 26.1 Å². The number of amides is 1. The van der Waals surface area contributed by atoms with Crippen molar-refractivity contribution in [2.45, 2.75) is 11.3 Å². The summed E-state index contributed by atoms with van der Waals surface area (Å²) in [5, 5.41) is 3.13. The Morgan fingerprint density at radius 1 is 1.39 bits per heavy atom. The minimum Gasteiger partial charge on any atom is -0.345 e. The summed E-state index contributed by atoms with van der Waals surface area (Å²) in [7, 11) is 1.90. The van der Waals surface area contributed by atoms with Gasteiger partial charge in [0.2, 0.25) is 5.91 Å². The Hall–Kier alpha value is -1.00. The molecule has 98 valence electrons. The fourth-order valence-corrected chi connectivity index (χ4v) is 2.38. The molecule has 0 aromatic heterocycles. The predicted molar refractivity (Wildman–Crippen MR) is 75.9 cm³/mol. The molecule has 18 heavy (non-hydrogen) atoms. The lowest BCUT2D eigenvalue weighted by molar-refractivity contribution is -0.135. The molecule has 1 amide bonds. The summed E-state index contributed by atoms with van der Waals surface area (Å²) in [6.07, 6.45) is 3.01. The molecule has 0 radical (unpaired) electrons. The zero-order chi connectivity index (χ0) is 13.0. The van der Waals surface area contributed by atoms with E-state index in [1.54, 1.807) is 11.8 Å². The van der Waals surface area contributed by atoms with Gasteiger partial charge in [-0.1, -0.05) is 12.1 Å². The number of carbonyl (C=O) groups excluding carboxylic acids is 1. The second kappa shape index (κ2) is 6.25. The van der Waals surface area contributed by atoms with Crippen LogP contribution in [0, 0.1) is 5.92 Å². The van der Waals surface area contributed by atoms with Crippen LogP contribution >= 0.6 is 11.8 Å². The van der Waals surface area contributed by atoms with E-state index in [4.69, 9.17) is 0 Å². The number of benzene rings is 1. The summed E-state index contributed by atoms with van der Waals surface area (Å²) in [6, 6.07) is 8.57. The van der Waals surface area contributed by atoms with Crippen molar-refractivity contribution in [1.82, 2.24) is 10.2 Å². The Morgan fingerprint density at radius 2 is 2.06 bits per heavy atom. The third-order valence-electron chi connectivity index (χ3n) is 3.40. The van der Waals surface area contributed by atoms with Gasteiger partial charge in [0.25, 0.3) is 0 Å². The summed E-state index contributed by atoms with van der Waals surface area (Å²) < 4.78 is 0. The lowest BCUT2D eigenvalue weighted by Crippen LogP contribution is -2.51. The number of hydrogen-bond acceptors (Lipinski definition) is 3. The maximum atomic E-state index is 11.9. The van der Waals surface area contributed by atoms with E-state index in [-0.39, 0.29) is 11.8 Å². The van der Waals surface area contributed by atoms with Crippen LogP contribution in [0.1, 0.15) is 5.56 Å². The van der Waals surface area contributed by atoms with Gasteiger partial charge in [0.05, 0.1) is 5.92 Å². The van der Waals surface area contributed by atoms with Crippen molar-refractivity contribution in [3.8, 4) is 0 Å². The van der Waals surface area contributed by atoms with Gasteiger partial charge in [0, 0.05) is 31.6 Å². The van der Waals surface area contributed by atoms with Gasteiger partial charge < -0.3 is 10.2 Å². The Labute approximate surface area is 113 Å². The van der Waals surface area contributed by atoms with Gasteiger partial charge in [-0.3, -0.25) is 4.79 Å². The minimum atomic E-state index is 0.203. The summed E-state index contributed by atoms with van der Waals surface area (Å²) in [6.45, 7) is 2.48. The maximum Gasteiger partial charge on any atom is 0.228 e. The molecular formula is C14H20N2OS. The monoisotopic (exact) mass is 264 g/mol. The van der Waals surface area contributed by atoms with Gasteiger partial charge in [-0.15, -0.1) is 11.8 Å². The third kappa shape index (κ3) is 3.27. The second-order valence-electron chi connectivity index (χ2n) is 4.71. The molecule has 4 heteroatoms. The van der Waals surface area contributed by atoms with Crippen LogP contribution in [-0.2, 0) is 11.2 Å². The molecule has 1 aromatic carbocycles. The molecule has 3 nitrogen and oxygen atoms in total. The SMILES string of the molecule is CSc1ccc(CCN(C)C(=O)C2CNC2)cc1. The van der Waals surface area contributed by atoms with Gasteiger partial charge in [-0.2, -0.15) is 0 Å². The number of carbonyl (C=O) groups is 1. The first-order chi connectivity index (χ1) is 8.70. The number of likely N-dealkylation sites (N-methyl/N-ethyl adjacent to an activating group) is 1. The predicted octanol–water partition coefficient (Wildman–Crippen LogP) is 1.63. The van der Waals surface area contributed by atoms with Crippen LogP contribution in [0.2, 0.25) is 0 Å². The third-order valence-corrected chi connectivity index (χ3v) is 4.15. The molecule has 1 aliphatic rings. The van der Waals surface area contributed by atoms with Crippen molar-refractivity contribution in [2.24, 2.45) is 5.92 Å². The van der Waals surface area contributed by atoms with E-state index in [0.29, 0.717) is 0 Å². The molecule has 1 saturated heterocycles. The fraction of sp³-hybridized carbons (Fsp3) is 0.500. The Morgan fingerprint density at radius 3 is 2.56 bits per heavy atom. The van der Waals surface area contributed by atoms with Crippen molar-refractivity contribution in [3.05, 3.63) is 29.8 Å². The van der Waals surface area contributed by atoms with Crippen LogP contribution in [0.25, 0.3) is 0 Å². The fourth-order valence-electron chi connectivity index (χ4n) is 1.97. The van der Waals surface area contributed by atoms with Gasteiger partial charge in [-0.25, -0.2) is 0 Å². The minimum absolute atomic E-state index is 0.203. The molecule has 1 heterocycles. The standard InChI is InChI=1S/C14H20N2OS/c1-16(14(17)12-9-15-10-12)8-7-11-3-5-13(18-2)6-4-11/h3-6,12,15H,7-10H2,1-2H3. The van der Waals surface area contributed by atoms with Crippen LogP contribution < -0.4 is 5.32 Å². The molecule has 1 aromatic rings. The molecule has 0 unspecified atom stereocenters. The van der Waals surface area contributed by atoms with E-state index in [2.05, 4.69) is 35.8 Å². The highest BCUT2D eigenvalue weighted by molar-refractivity contribution is 7.98. The molecule has 2 rings (SSSR count). The van der Waals surface area contributed by atoms with E-state index < -0.39 is 0 Å². The summed E-state index contributed by atoms with van der Waals surface area (Å²) in [5.41, 5.74) is 1.29. The molecule has 0 aliphatic carbocycles. The maximum absolute atomic E-state index is 11.9. The van der Waals surface area contributed by atoms with E-state index in [1.165, 1.54) is 10.5 Å². The van der Waals surface area contributed by atoms with Crippen molar-refractivity contribution < 1.29 is 4.79 Å². The van der Waals surface area contributed by atoms with Gasteiger partial charge >= 0.3 is 0 Å². The van der Waals surface area contributed by atoms with Crippen molar-refractivity contribution in [3.63, 3.8) is 0 Å². The lowest BCUT2D eigenvalue weighted by Gasteiger charge is -2.30. The molecular weight excluding hydrogens is 244 g/mol. The molecule has 1 N–H and O–H groups in total. The van der Waals surface area contributed by atoms with Crippen molar-refractivity contribution in [1.29, 1.82) is 0 Å². The molecule has 0 spiro atoms. The van der Waals surface area contributed by atoms with Crippen LogP contribution in [0.3, 0.4) is 0 Å². The van der Waals surface area contributed by atoms with Crippen molar-refractivity contribution in [2.75, 3.05) is 32.9 Å². The number of nitrogens with zero attached hydrogens (tertiary/aromatic N) is 1. The molecule has 1 aliphatic heterocycles. The van der Waals surface area contributed by atoms with Gasteiger partial charge in [-0.05, 0) is 30.4 Å². The van der Waals surface area contributed by atoms with Crippen LogP contribution in [0.15, 0.2) is 29.2 Å². The van der Waals surface area contributed by atoms with E-state index in [9.17, 15) is 4.79 Å². The highest BCUT2D eigenvalue weighted by Crippen LogP contribution is 2.15. The highest BCUT2D eigenvalue weighted by Gasteiger charge is 2.27. The number of rotatable bonds is 5. The van der Waals surface area contributed by atoms with Crippen molar-refractivity contribution >= 4 is 17.7 Å². The molecule has 0 saturated carbocycles. The van der Waals surface area contributed by atoms with Crippen LogP contribution in [0.4, 0.5) is 0 Å². The van der Waals surface area contributed by atoms with Gasteiger partial charge in [0.15, 0.2) is 0 Å². The summed E-state index contributed by atoms with van der Waals surface area (Å²) in [4.78, 5) is 15.1. The number of nitrogens with one attached hydrogen (secondary N) is 1. The smallest absolute Gasteiger partial charge is 0.228 e. The van der Waals surface area contributed by atoms with E-state index in [1.807, 2.05) is 11.9 Å². The largest absolute Gasteiger partial charge is 0.345 e. The molecule has 0 atom stereocenters. The average Bonchev–Trinajstić information content (AvgIpc) is 2.34. The molecule has 0 bridgehead atoms. The zero-order valence-corrected chi connectivity index (χ0v) is 11.8. The Bertz CT molecular complexity index is 401. The first kappa shape index (κ1) is 13.4. The molecule has 1 fully saturated rings. The normalized spacial score (nSPS) is 15.2. The average molecular weight is 264 g/mol. The Kier molecular flexibility index (Phi) is 4.66. The second-order valence-corrected chi connectivity index (χ2v) is 5.59.